The molecule has 0 spiro atoms. The standard InChI is InChI=1S/C20H33N3O2/c1-16(2)14-21-20(24)15-23-7-5-22(6-8-23)9-10-25-19-12-17(3)11-18(4)13-19/h11-13,16H,5-10,14-15H2,1-4H3,(H,21,24). The number of benzene rings is 1. The van der Waals surface area contributed by atoms with E-state index in [1.807, 2.05) is 0 Å². The molecule has 0 atom stereocenters. The van der Waals surface area contributed by atoms with E-state index < -0.39 is 0 Å². The Labute approximate surface area is 152 Å². The maximum Gasteiger partial charge on any atom is 0.234 e. The molecular weight excluding hydrogens is 314 g/mol. The minimum Gasteiger partial charge on any atom is -0.492 e. The first-order chi connectivity index (χ1) is 11.9. The number of hydrogen-bond acceptors (Lipinski definition) is 4. The lowest BCUT2D eigenvalue weighted by Crippen LogP contribution is -2.50. The minimum atomic E-state index is 0.139. The number of nitrogens with zero attached hydrogens (tertiary/aromatic N) is 2. The summed E-state index contributed by atoms with van der Waals surface area (Å²) in [7, 11) is 0. The number of carbonyl (C=O) groups excluding carboxylic acids is 1. The van der Waals surface area contributed by atoms with E-state index in [1.165, 1.54) is 11.1 Å². The number of carbonyl (C=O) groups is 1. The van der Waals surface area contributed by atoms with Crippen LogP contribution in [-0.4, -0.2) is 68.1 Å². The number of ether oxygens (including phenoxy) is 1. The molecule has 1 fully saturated rings. The summed E-state index contributed by atoms with van der Waals surface area (Å²) in [4.78, 5) is 16.5. The number of rotatable bonds is 8. The Hall–Kier alpha value is -1.59. The van der Waals surface area contributed by atoms with Gasteiger partial charge in [-0.05, 0) is 43.0 Å². The molecule has 1 aliphatic rings. The van der Waals surface area contributed by atoms with Crippen molar-refractivity contribution in [1.29, 1.82) is 0 Å². The van der Waals surface area contributed by atoms with E-state index >= 15 is 0 Å². The number of piperazine rings is 1. The van der Waals surface area contributed by atoms with Crippen molar-refractivity contribution in [1.82, 2.24) is 15.1 Å². The van der Waals surface area contributed by atoms with Crippen molar-refractivity contribution >= 4 is 5.91 Å². The van der Waals surface area contributed by atoms with Crippen LogP contribution in [0.1, 0.15) is 25.0 Å². The second kappa shape index (κ2) is 9.78. The quantitative estimate of drug-likeness (QED) is 0.782. The van der Waals surface area contributed by atoms with E-state index in [0.29, 0.717) is 19.1 Å². The summed E-state index contributed by atoms with van der Waals surface area (Å²) in [6.07, 6.45) is 0. The van der Waals surface area contributed by atoms with Gasteiger partial charge in [-0.25, -0.2) is 0 Å². The van der Waals surface area contributed by atoms with Gasteiger partial charge < -0.3 is 10.1 Å². The Bertz CT molecular complexity index is 532. The van der Waals surface area contributed by atoms with Crippen LogP contribution >= 0.6 is 0 Å². The molecule has 1 aromatic rings. The summed E-state index contributed by atoms with van der Waals surface area (Å²) in [5, 5.41) is 2.99. The Morgan fingerprint density at radius 2 is 1.68 bits per heavy atom. The van der Waals surface area contributed by atoms with Gasteiger partial charge in [-0.15, -0.1) is 0 Å². The molecule has 0 saturated carbocycles. The van der Waals surface area contributed by atoms with Crippen LogP contribution < -0.4 is 10.1 Å². The third kappa shape index (κ3) is 7.45. The van der Waals surface area contributed by atoms with Gasteiger partial charge in [-0.1, -0.05) is 19.9 Å². The maximum absolute atomic E-state index is 11.9. The van der Waals surface area contributed by atoms with Crippen molar-refractivity contribution in [2.24, 2.45) is 5.92 Å². The highest BCUT2D eigenvalue weighted by Crippen LogP contribution is 2.16. The SMILES string of the molecule is Cc1cc(C)cc(OCCN2CCN(CC(=O)NCC(C)C)CC2)c1. The van der Waals surface area contributed by atoms with Gasteiger partial charge >= 0.3 is 0 Å². The highest BCUT2D eigenvalue weighted by Gasteiger charge is 2.18. The average molecular weight is 348 g/mol. The van der Waals surface area contributed by atoms with E-state index in [2.05, 4.69) is 61.0 Å². The number of nitrogens with one attached hydrogen (secondary N) is 1. The maximum atomic E-state index is 11.9. The van der Waals surface area contributed by atoms with Crippen LogP contribution in [0.15, 0.2) is 18.2 Å². The smallest absolute Gasteiger partial charge is 0.234 e. The van der Waals surface area contributed by atoms with E-state index in [9.17, 15) is 4.79 Å². The Morgan fingerprint density at radius 3 is 2.28 bits per heavy atom. The molecule has 1 amide bonds. The molecule has 5 nitrogen and oxygen atoms in total. The van der Waals surface area contributed by atoms with Gasteiger partial charge in [0, 0.05) is 39.3 Å². The lowest BCUT2D eigenvalue weighted by molar-refractivity contribution is -0.122. The van der Waals surface area contributed by atoms with Gasteiger partial charge in [0.05, 0.1) is 6.54 Å². The molecule has 0 radical (unpaired) electrons. The van der Waals surface area contributed by atoms with Crippen molar-refractivity contribution in [2.75, 3.05) is 52.4 Å². The fourth-order valence-corrected chi connectivity index (χ4v) is 3.06. The van der Waals surface area contributed by atoms with Gasteiger partial charge in [-0.2, -0.15) is 0 Å². The number of aryl methyl sites for hydroxylation is 2. The number of hydrogen-bond donors (Lipinski definition) is 1. The first-order valence-corrected chi connectivity index (χ1v) is 9.35. The molecule has 0 bridgehead atoms. The fourth-order valence-electron chi connectivity index (χ4n) is 3.06. The minimum absolute atomic E-state index is 0.139. The van der Waals surface area contributed by atoms with Crippen LogP contribution in [0.25, 0.3) is 0 Å². The molecule has 1 aromatic carbocycles. The summed E-state index contributed by atoms with van der Waals surface area (Å²) in [6.45, 7) is 15.2. The van der Waals surface area contributed by atoms with Gasteiger partial charge in [0.1, 0.15) is 12.4 Å². The van der Waals surface area contributed by atoms with Gasteiger partial charge in [0.2, 0.25) is 5.91 Å². The van der Waals surface area contributed by atoms with Crippen molar-refractivity contribution in [3.63, 3.8) is 0 Å². The summed E-state index contributed by atoms with van der Waals surface area (Å²) >= 11 is 0. The zero-order chi connectivity index (χ0) is 18.2. The van der Waals surface area contributed by atoms with Crippen LogP contribution in [0.3, 0.4) is 0 Å². The third-order valence-corrected chi connectivity index (χ3v) is 4.41. The van der Waals surface area contributed by atoms with Crippen LogP contribution in [0.4, 0.5) is 0 Å². The van der Waals surface area contributed by atoms with E-state index in [0.717, 1.165) is 45.0 Å². The predicted octanol–water partition coefficient (Wildman–Crippen LogP) is 2.07. The monoisotopic (exact) mass is 347 g/mol. The molecule has 5 heteroatoms. The Balaban J connectivity index is 1.62. The molecule has 1 aliphatic heterocycles. The Kier molecular flexibility index (Phi) is 7.72. The Morgan fingerprint density at radius 1 is 1.08 bits per heavy atom. The first kappa shape index (κ1) is 19.7. The second-order valence-electron chi connectivity index (χ2n) is 7.49. The highest BCUT2D eigenvalue weighted by atomic mass is 16.5. The molecule has 1 heterocycles. The molecule has 0 aliphatic carbocycles. The number of amides is 1. The molecule has 2 rings (SSSR count). The zero-order valence-electron chi connectivity index (χ0n) is 16.2. The summed E-state index contributed by atoms with van der Waals surface area (Å²) in [5.41, 5.74) is 2.47. The third-order valence-electron chi connectivity index (χ3n) is 4.41. The summed E-state index contributed by atoms with van der Waals surface area (Å²) in [5.74, 6) is 1.59. The molecule has 1 N–H and O–H groups in total. The molecule has 25 heavy (non-hydrogen) atoms. The lowest BCUT2D eigenvalue weighted by atomic mass is 10.1. The van der Waals surface area contributed by atoms with E-state index in [4.69, 9.17) is 4.74 Å². The van der Waals surface area contributed by atoms with E-state index in [-0.39, 0.29) is 5.91 Å². The molecule has 0 unspecified atom stereocenters. The topological polar surface area (TPSA) is 44.8 Å². The average Bonchev–Trinajstić information content (AvgIpc) is 2.54. The lowest BCUT2D eigenvalue weighted by Gasteiger charge is -2.34. The van der Waals surface area contributed by atoms with Crippen LogP contribution in [-0.2, 0) is 4.79 Å². The van der Waals surface area contributed by atoms with Crippen molar-refractivity contribution in [2.45, 2.75) is 27.7 Å². The zero-order valence-corrected chi connectivity index (χ0v) is 16.2. The fraction of sp³-hybridized carbons (Fsp3) is 0.650. The van der Waals surface area contributed by atoms with Crippen molar-refractivity contribution in [3.05, 3.63) is 29.3 Å². The van der Waals surface area contributed by atoms with E-state index in [1.54, 1.807) is 0 Å². The van der Waals surface area contributed by atoms with Gasteiger partial charge in [0.25, 0.3) is 0 Å². The second-order valence-corrected chi connectivity index (χ2v) is 7.49. The van der Waals surface area contributed by atoms with Crippen molar-refractivity contribution < 1.29 is 9.53 Å². The normalized spacial score (nSPS) is 16.2. The summed E-state index contributed by atoms with van der Waals surface area (Å²) < 4.78 is 5.90. The van der Waals surface area contributed by atoms with Gasteiger partial charge in [-0.3, -0.25) is 14.6 Å². The van der Waals surface area contributed by atoms with Crippen LogP contribution in [0.5, 0.6) is 5.75 Å². The van der Waals surface area contributed by atoms with Gasteiger partial charge in [0.15, 0.2) is 0 Å². The molecule has 140 valence electrons. The first-order valence-electron chi connectivity index (χ1n) is 9.35. The highest BCUT2D eigenvalue weighted by molar-refractivity contribution is 5.78. The molecule has 0 aromatic heterocycles. The largest absolute Gasteiger partial charge is 0.492 e. The molecule has 1 saturated heterocycles. The van der Waals surface area contributed by atoms with Crippen molar-refractivity contribution in [3.8, 4) is 5.75 Å². The predicted molar refractivity (Wildman–Crippen MR) is 102 cm³/mol. The van der Waals surface area contributed by atoms with Crippen LogP contribution in [0.2, 0.25) is 0 Å². The summed E-state index contributed by atoms with van der Waals surface area (Å²) in [6, 6.07) is 6.32. The van der Waals surface area contributed by atoms with Crippen LogP contribution in [0, 0.1) is 19.8 Å². The molecular formula is C20H33N3O2.